The van der Waals surface area contributed by atoms with Gasteiger partial charge in [0.1, 0.15) is 5.75 Å². The number of nitrogens with two attached hydrogens (primary N) is 1. The average molecular weight is 367 g/mol. The molecule has 25 heavy (non-hydrogen) atoms. The largest absolute Gasteiger partial charge is 0.435 e. The van der Waals surface area contributed by atoms with Crippen molar-refractivity contribution in [1.82, 2.24) is 20.2 Å². The lowest BCUT2D eigenvalue weighted by Crippen LogP contribution is -2.31. The average Bonchev–Trinajstić information content (AvgIpc) is 2.93. The van der Waals surface area contributed by atoms with E-state index in [-0.39, 0.29) is 18.2 Å². The van der Waals surface area contributed by atoms with Gasteiger partial charge in [-0.05, 0) is 31.2 Å². The summed E-state index contributed by atoms with van der Waals surface area (Å²) < 4.78 is 29.8. The molecule has 0 saturated heterocycles. The Hall–Kier alpha value is -2.80. The van der Waals surface area contributed by atoms with Crippen molar-refractivity contribution in [3.05, 3.63) is 24.3 Å². The molecule has 0 saturated carbocycles. The van der Waals surface area contributed by atoms with Crippen LogP contribution in [-0.4, -0.2) is 39.2 Å². The molecule has 0 spiro atoms. The highest BCUT2D eigenvalue weighted by Gasteiger charge is 2.19. The number of alkyl halides is 2. The molecule has 1 unspecified atom stereocenters. The Morgan fingerprint density at radius 3 is 2.72 bits per heavy atom. The summed E-state index contributed by atoms with van der Waals surface area (Å²) >= 11 is 1.12. The van der Waals surface area contributed by atoms with Gasteiger partial charge in [-0.2, -0.15) is 8.78 Å². The Balaban J connectivity index is 2.10. The molecule has 0 aliphatic rings. The first-order valence-electron chi connectivity index (χ1n) is 7.06. The van der Waals surface area contributed by atoms with Crippen molar-refractivity contribution >= 4 is 17.7 Å². The lowest BCUT2D eigenvalue weighted by Gasteiger charge is -2.10. The number of nitrogens with zero attached hydrogens (tertiary/aromatic N) is 3. The maximum absolute atomic E-state index is 12.2. The number of amides is 1. The molecule has 10 heteroatoms. The van der Waals surface area contributed by atoms with Gasteiger partial charge in [-0.15, -0.1) is 16.6 Å². The van der Waals surface area contributed by atoms with Crippen LogP contribution in [0.25, 0.3) is 11.4 Å². The molecule has 0 radical (unpaired) electrons. The van der Waals surface area contributed by atoms with Crippen LogP contribution >= 0.6 is 11.8 Å². The third kappa shape index (κ3) is 4.84. The van der Waals surface area contributed by atoms with Gasteiger partial charge in [-0.25, -0.2) is 4.68 Å². The van der Waals surface area contributed by atoms with E-state index >= 15 is 0 Å². The van der Waals surface area contributed by atoms with E-state index < -0.39 is 11.9 Å². The van der Waals surface area contributed by atoms with Gasteiger partial charge in [0.2, 0.25) is 11.1 Å². The first kappa shape index (κ1) is 18.5. The molecular formula is C15H15F2N5O2S. The highest BCUT2D eigenvalue weighted by molar-refractivity contribution is 8.00. The van der Waals surface area contributed by atoms with E-state index in [2.05, 4.69) is 26.2 Å². The molecule has 0 aliphatic carbocycles. The Kier molecular flexibility index (Phi) is 6.19. The van der Waals surface area contributed by atoms with E-state index in [9.17, 15) is 13.6 Å². The zero-order valence-electron chi connectivity index (χ0n) is 13.1. The van der Waals surface area contributed by atoms with Gasteiger partial charge in [-0.3, -0.25) is 4.79 Å². The van der Waals surface area contributed by atoms with Crippen LogP contribution in [0.3, 0.4) is 0 Å². The summed E-state index contributed by atoms with van der Waals surface area (Å²) in [5.74, 6) is 8.37. The van der Waals surface area contributed by atoms with E-state index in [4.69, 9.17) is 12.3 Å². The van der Waals surface area contributed by atoms with Crippen LogP contribution in [0, 0.1) is 12.3 Å². The number of carbonyl (C=O) groups is 1. The van der Waals surface area contributed by atoms with Crippen molar-refractivity contribution in [2.75, 3.05) is 12.4 Å². The van der Waals surface area contributed by atoms with Crippen LogP contribution in [0.5, 0.6) is 5.75 Å². The fourth-order valence-corrected chi connectivity index (χ4v) is 2.63. The Morgan fingerprint density at radius 1 is 1.44 bits per heavy atom. The standard InChI is InChI=1S/C15H15F2N5O2S/c1-3-8-19-13(23)9(2)25-15-21-20-12(22(15)18)10-4-6-11(7-5-10)24-14(16)17/h1,4-7,9,14H,8,18H2,2H3,(H,19,23). The first-order chi connectivity index (χ1) is 11.9. The van der Waals surface area contributed by atoms with E-state index in [0.29, 0.717) is 16.5 Å². The van der Waals surface area contributed by atoms with Crippen molar-refractivity contribution in [2.24, 2.45) is 0 Å². The summed E-state index contributed by atoms with van der Waals surface area (Å²) in [5.41, 5.74) is 0.563. The minimum Gasteiger partial charge on any atom is -0.435 e. The topological polar surface area (TPSA) is 95.1 Å². The number of terminal acetylenes is 1. The van der Waals surface area contributed by atoms with E-state index in [1.807, 2.05) is 0 Å². The van der Waals surface area contributed by atoms with Crippen LogP contribution in [0.2, 0.25) is 0 Å². The second-order valence-electron chi connectivity index (χ2n) is 4.76. The number of ether oxygens (including phenoxy) is 1. The zero-order chi connectivity index (χ0) is 18.4. The van der Waals surface area contributed by atoms with Gasteiger partial charge in [-0.1, -0.05) is 17.7 Å². The van der Waals surface area contributed by atoms with Gasteiger partial charge in [0.15, 0.2) is 5.82 Å². The number of hydrogen-bond acceptors (Lipinski definition) is 6. The number of aromatic nitrogens is 3. The molecule has 0 bridgehead atoms. The number of nitrogens with one attached hydrogen (secondary N) is 1. The second-order valence-corrected chi connectivity index (χ2v) is 6.07. The lowest BCUT2D eigenvalue weighted by molar-refractivity contribution is -0.120. The molecule has 7 nitrogen and oxygen atoms in total. The van der Waals surface area contributed by atoms with Gasteiger partial charge < -0.3 is 15.9 Å². The summed E-state index contributed by atoms with van der Waals surface area (Å²) in [6.07, 6.45) is 5.09. The van der Waals surface area contributed by atoms with E-state index in [1.54, 1.807) is 6.92 Å². The highest BCUT2D eigenvalue weighted by Crippen LogP contribution is 2.26. The first-order valence-corrected chi connectivity index (χ1v) is 7.94. The Bertz CT molecular complexity index is 773. The summed E-state index contributed by atoms with van der Waals surface area (Å²) in [5, 5.41) is 10.3. The normalized spacial score (nSPS) is 11.8. The number of benzene rings is 1. The van der Waals surface area contributed by atoms with Gasteiger partial charge in [0.05, 0.1) is 11.8 Å². The predicted molar refractivity (Wildman–Crippen MR) is 89.4 cm³/mol. The minimum atomic E-state index is -2.89. The SMILES string of the molecule is C#CCNC(=O)C(C)Sc1nnc(-c2ccc(OC(F)F)cc2)n1N. The number of carbonyl (C=O) groups excluding carboxylic acids is 1. The molecule has 2 rings (SSSR count). The van der Waals surface area contributed by atoms with Crippen molar-refractivity contribution in [3.63, 3.8) is 0 Å². The minimum absolute atomic E-state index is 0.0234. The summed E-state index contributed by atoms with van der Waals surface area (Å²) in [6.45, 7) is -1.08. The molecule has 0 aliphatic heterocycles. The summed E-state index contributed by atoms with van der Waals surface area (Å²) in [6, 6.07) is 5.81. The maximum Gasteiger partial charge on any atom is 0.387 e. The Morgan fingerprint density at radius 2 is 2.12 bits per heavy atom. The van der Waals surface area contributed by atoms with Crippen molar-refractivity contribution in [2.45, 2.75) is 23.9 Å². The quantitative estimate of drug-likeness (QED) is 0.437. The number of halogens is 2. The molecule has 2 aromatic rings. The number of hydrogen-bond donors (Lipinski definition) is 2. The van der Waals surface area contributed by atoms with Gasteiger partial charge in [0.25, 0.3) is 0 Å². The monoisotopic (exact) mass is 367 g/mol. The molecule has 1 amide bonds. The van der Waals surface area contributed by atoms with E-state index in [1.165, 1.54) is 28.9 Å². The molecule has 1 atom stereocenters. The molecule has 3 N–H and O–H groups in total. The smallest absolute Gasteiger partial charge is 0.387 e. The maximum atomic E-state index is 12.2. The zero-order valence-corrected chi connectivity index (χ0v) is 14.0. The van der Waals surface area contributed by atoms with Crippen LogP contribution in [-0.2, 0) is 4.79 Å². The highest BCUT2D eigenvalue weighted by atomic mass is 32.2. The van der Waals surface area contributed by atoms with Crippen molar-refractivity contribution in [3.8, 4) is 29.5 Å². The molecular weight excluding hydrogens is 352 g/mol. The molecule has 1 heterocycles. The van der Waals surface area contributed by atoms with Crippen LogP contribution < -0.4 is 15.9 Å². The molecule has 1 aromatic heterocycles. The fraction of sp³-hybridized carbons (Fsp3) is 0.267. The summed E-state index contributed by atoms with van der Waals surface area (Å²) in [7, 11) is 0. The molecule has 1 aromatic carbocycles. The number of thioether (sulfide) groups is 1. The number of nitrogen functional groups attached to an aromatic ring is 1. The second kappa shape index (κ2) is 8.34. The third-order valence-corrected chi connectivity index (χ3v) is 4.08. The predicted octanol–water partition coefficient (Wildman–Crippen LogP) is 1.49. The van der Waals surface area contributed by atoms with Gasteiger partial charge in [0, 0.05) is 5.56 Å². The van der Waals surface area contributed by atoms with Crippen molar-refractivity contribution < 1.29 is 18.3 Å². The van der Waals surface area contributed by atoms with Crippen LogP contribution in [0.4, 0.5) is 8.78 Å². The third-order valence-electron chi connectivity index (χ3n) is 3.02. The molecule has 132 valence electrons. The van der Waals surface area contributed by atoms with Gasteiger partial charge >= 0.3 is 6.61 Å². The number of rotatable bonds is 7. The van der Waals surface area contributed by atoms with E-state index in [0.717, 1.165) is 11.8 Å². The van der Waals surface area contributed by atoms with Crippen LogP contribution in [0.15, 0.2) is 29.4 Å². The molecule has 0 fully saturated rings. The fourth-order valence-electron chi connectivity index (χ4n) is 1.83. The van der Waals surface area contributed by atoms with Crippen molar-refractivity contribution in [1.29, 1.82) is 0 Å². The summed E-state index contributed by atoms with van der Waals surface area (Å²) in [4.78, 5) is 11.8. The Labute approximate surface area is 146 Å². The lowest BCUT2D eigenvalue weighted by atomic mass is 10.2. The van der Waals surface area contributed by atoms with Crippen LogP contribution in [0.1, 0.15) is 6.92 Å².